The average molecular weight is 178 g/mol. The van der Waals surface area contributed by atoms with Crippen LogP contribution in [0.15, 0.2) is 12.7 Å². The molecule has 0 spiro atoms. The van der Waals surface area contributed by atoms with E-state index in [1.165, 1.54) is 6.08 Å². The fraction of sp³-hybridized carbons (Fsp3) is 0.625. The summed E-state index contributed by atoms with van der Waals surface area (Å²) in [5, 5.41) is 8.49. The second kappa shape index (κ2) is 4.18. The lowest BCUT2D eigenvalue weighted by Gasteiger charge is -2.15. The Morgan fingerprint density at radius 1 is 1.75 bits per heavy atom. The highest BCUT2D eigenvalue weighted by atomic mass is 19.3. The normalized spacial score (nSPS) is 13.9. The Bertz CT molecular complexity index is 172. The Hall–Kier alpha value is -0.930. The zero-order valence-corrected chi connectivity index (χ0v) is 6.89. The molecule has 12 heavy (non-hydrogen) atoms. The molecule has 0 saturated heterocycles. The fourth-order valence-electron chi connectivity index (χ4n) is 0.905. The minimum atomic E-state index is -2.92. The smallest absolute Gasteiger partial charge is 0.307 e. The number of allylic oxidation sites excluding steroid dienone is 1. The zero-order chi connectivity index (χ0) is 9.78. The molecule has 1 atom stereocenters. The summed E-state index contributed by atoms with van der Waals surface area (Å²) in [6.45, 7) is 4.02. The molecule has 0 aromatic rings. The van der Waals surface area contributed by atoms with E-state index in [2.05, 4.69) is 6.58 Å². The molecule has 0 fully saturated rings. The number of rotatable bonds is 5. The predicted molar refractivity (Wildman–Crippen MR) is 41.2 cm³/mol. The quantitative estimate of drug-likeness (QED) is 0.656. The van der Waals surface area contributed by atoms with Gasteiger partial charge in [-0.05, 0) is 13.3 Å². The van der Waals surface area contributed by atoms with Gasteiger partial charge in [0.25, 0.3) is 0 Å². The summed E-state index contributed by atoms with van der Waals surface area (Å²) < 4.78 is 24.7. The second-order valence-electron chi connectivity index (χ2n) is 2.83. The zero-order valence-electron chi connectivity index (χ0n) is 6.89. The van der Waals surface area contributed by atoms with Gasteiger partial charge in [-0.2, -0.15) is 0 Å². The van der Waals surface area contributed by atoms with Gasteiger partial charge in [-0.1, -0.05) is 6.08 Å². The molecule has 4 heteroatoms. The monoisotopic (exact) mass is 178 g/mol. The third kappa shape index (κ3) is 4.82. The molecule has 1 N–H and O–H groups in total. The first kappa shape index (κ1) is 11.1. The van der Waals surface area contributed by atoms with E-state index in [9.17, 15) is 13.6 Å². The Balaban J connectivity index is 4.13. The largest absolute Gasteiger partial charge is 0.481 e. The first-order valence-corrected chi connectivity index (χ1v) is 3.58. The molecule has 0 aliphatic heterocycles. The van der Waals surface area contributed by atoms with Crippen molar-refractivity contribution in [3.63, 3.8) is 0 Å². The van der Waals surface area contributed by atoms with Crippen molar-refractivity contribution in [1.29, 1.82) is 0 Å². The van der Waals surface area contributed by atoms with Gasteiger partial charge >= 0.3 is 5.97 Å². The highest BCUT2D eigenvalue weighted by Gasteiger charge is 2.29. The summed E-state index contributed by atoms with van der Waals surface area (Å²) in [6.07, 6.45) is 0.789. The van der Waals surface area contributed by atoms with Crippen LogP contribution in [0.3, 0.4) is 0 Å². The van der Waals surface area contributed by atoms with Crippen molar-refractivity contribution in [2.24, 2.45) is 5.92 Å². The molecule has 0 radical (unpaired) electrons. The Kier molecular flexibility index (Phi) is 3.86. The second-order valence-corrected chi connectivity index (χ2v) is 2.83. The number of carboxylic acids is 1. The lowest BCUT2D eigenvalue weighted by molar-refractivity contribution is -0.144. The van der Waals surface area contributed by atoms with Gasteiger partial charge in [0.05, 0.1) is 5.92 Å². The van der Waals surface area contributed by atoms with Crippen LogP contribution < -0.4 is 0 Å². The molecule has 2 nitrogen and oxygen atoms in total. The van der Waals surface area contributed by atoms with Crippen LogP contribution in [0.5, 0.6) is 0 Å². The van der Waals surface area contributed by atoms with E-state index in [0.717, 1.165) is 0 Å². The predicted octanol–water partition coefficient (Wildman–Crippen LogP) is 2.31. The molecule has 0 bridgehead atoms. The molecule has 0 aliphatic carbocycles. The molecule has 0 aliphatic rings. The van der Waals surface area contributed by atoms with Crippen molar-refractivity contribution >= 4 is 5.97 Å². The molecule has 1 unspecified atom stereocenters. The fourth-order valence-corrected chi connectivity index (χ4v) is 0.905. The minimum absolute atomic E-state index is 0.0821. The Morgan fingerprint density at radius 3 is 2.50 bits per heavy atom. The third-order valence-electron chi connectivity index (χ3n) is 1.41. The van der Waals surface area contributed by atoms with Crippen molar-refractivity contribution in [1.82, 2.24) is 0 Å². The summed E-state index contributed by atoms with van der Waals surface area (Å²) >= 11 is 0. The summed E-state index contributed by atoms with van der Waals surface area (Å²) in [4.78, 5) is 10.4. The Labute approximate surface area is 69.9 Å². The van der Waals surface area contributed by atoms with Crippen molar-refractivity contribution in [2.45, 2.75) is 25.7 Å². The van der Waals surface area contributed by atoms with Crippen LogP contribution in [0, 0.1) is 5.92 Å². The van der Waals surface area contributed by atoms with Crippen LogP contribution in [0.25, 0.3) is 0 Å². The van der Waals surface area contributed by atoms with Gasteiger partial charge in [-0.15, -0.1) is 6.58 Å². The standard InChI is InChI=1S/C8H12F2O2/c1-3-4-6(7(11)12)5-8(2,9)10/h3,6H,1,4-5H2,2H3,(H,11,12). The van der Waals surface area contributed by atoms with E-state index in [-0.39, 0.29) is 6.42 Å². The summed E-state index contributed by atoms with van der Waals surface area (Å²) in [7, 11) is 0. The Morgan fingerprint density at radius 2 is 2.25 bits per heavy atom. The van der Waals surface area contributed by atoms with Gasteiger partial charge in [0.2, 0.25) is 5.92 Å². The maximum Gasteiger partial charge on any atom is 0.307 e. The summed E-state index contributed by atoms with van der Waals surface area (Å²) in [5.41, 5.74) is 0. The SMILES string of the molecule is C=CCC(CC(C)(F)F)C(=O)O. The molecule has 0 aromatic heterocycles. The first-order chi connectivity index (χ1) is 5.37. The molecular weight excluding hydrogens is 166 g/mol. The van der Waals surface area contributed by atoms with Gasteiger partial charge in [0.15, 0.2) is 0 Å². The molecule has 0 amide bonds. The molecule has 0 heterocycles. The van der Waals surface area contributed by atoms with Crippen molar-refractivity contribution < 1.29 is 18.7 Å². The van der Waals surface area contributed by atoms with Crippen LogP contribution in [0.2, 0.25) is 0 Å². The van der Waals surface area contributed by atoms with Crippen LogP contribution in [-0.2, 0) is 4.79 Å². The molecule has 0 aromatic carbocycles. The van der Waals surface area contributed by atoms with Crippen molar-refractivity contribution in [2.75, 3.05) is 0 Å². The van der Waals surface area contributed by atoms with E-state index in [1.54, 1.807) is 0 Å². The van der Waals surface area contributed by atoms with Gasteiger partial charge in [-0.3, -0.25) is 4.79 Å². The molecule has 0 rings (SSSR count). The van der Waals surface area contributed by atoms with E-state index in [0.29, 0.717) is 6.92 Å². The number of alkyl halides is 2. The average Bonchev–Trinajstić information content (AvgIpc) is 1.83. The molecular formula is C8H12F2O2. The van der Waals surface area contributed by atoms with E-state index in [1.807, 2.05) is 0 Å². The topological polar surface area (TPSA) is 37.3 Å². The van der Waals surface area contributed by atoms with Gasteiger partial charge in [-0.25, -0.2) is 8.78 Å². The van der Waals surface area contributed by atoms with Crippen LogP contribution in [0.4, 0.5) is 8.78 Å². The summed E-state index contributed by atoms with van der Waals surface area (Å²) in [5.74, 6) is -5.15. The highest BCUT2D eigenvalue weighted by Crippen LogP contribution is 2.24. The number of halogens is 2. The number of aliphatic carboxylic acids is 1. The minimum Gasteiger partial charge on any atom is -0.481 e. The number of hydrogen-bond acceptors (Lipinski definition) is 1. The van der Waals surface area contributed by atoms with Gasteiger partial charge < -0.3 is 5.11 Å². The third-order valence-corrected chi connectivity index (χ3v) is 1.41. The maximum atomic E-state index is 12.4. The summed E-state index contributed by atoms with van der Waals surface area (Å²) in [6, 6.07) is 0. The number of hydrogen-bond donors (Lipinski definition) is 1. The lowest BCUT2D eigenvalue weighted by atomic mass is 9.98. The van der Waals surface area contributed by atoms with Crippen LogP contribution in [-0.4, -0.2) is 17.0 Å². The number of carboxylic acid groups (broad SMARTS) is 1. The lowest BCUT2D eigenvalue weighted by Crippen LogP contribution is -2.22. The molecule has 70 valence electrons. The molecule has 0 saturated carbocycles. The van der Waals surface area contributed by atoms with Crippen molar-refractivity contribution in [3.8, 4) is 0 Å². The van der Waals surface area contributed by atoms with Crippen LogP contribution >= 0.6 is 0 Å². The van der Waals surface area contributed by atoms with Crippen LogP contribution in [0.1, 0.15) is 19.8 Å². The van der Waals surface area contributed by atoms with E-state index < -0.39 is 24.2 Å². The first-order valence-electron chi connectivity index (χ1n) is 3.58. The number of carbonyl (C=O) groups is 1. The van der Waals surface area contributed by atoms with Gasteiger partial charge in [0.1, 0.15) is 0 Å². The van der Waals surface area contributed by atoms with E-state index >= 15 is 0 Å². The van der Waals surface area contributed by atoms with Crippen molar-refractivity contribution in [3.05, 3.63) is 12.7 Å². The van der Waals surface area contributed by atoms with Gasteiger partial charge in [0, 0.05) is 6.42 Å². The highest BCUT2D eigenvalue weighted by molar-refractivity contribution is 5.70. The van der Waals surface area contributed by atoms with E-state index in [4.69, 9.17) is 5.11 Å². The maximum absolute atomic E-state index is 12.4.